The minimum Gasteiger partial charge on any atom is -0.457 e. The Bertz CT molecular complexity index is 1490. The molecule has 0 aliphatic carbocycles. The fraction of sp³-hybridized carbons (Fsp3) is 0.111. The number of aromatic nitrogens is 2. The number of para-hydroxylation sites is 1. The molecule has 2 amide bonds. The second-order valence-corrected chi connectivity index (χ2v) is 8.87. The highest BCUT2D eigenvalue weighted by Crippen LogP contribution is 2.33. The van der Waals surface area contributed by atoms with E-state index in [1.807, 2.05) is 30.3 Å². The summed E-state index contributed by atoms with van der Waals surface area (Å²) in [5.74, 6) is -1.03. The average Bonchev–Trinajstić information content (AvgIpc) is 3.36. The molecule has 2 heterocycles. The molecule has 3 aromatic carbocycles. The Balaban J connectivity index is 1.35. The number of nitrogens with one attached hydrogen (secondary N) is 2. The lowest BCUT2D eigenvalue weighted by Crippen LogP contribution is -2.58. The maximum atomic E-state index is 13.4. The van der Waals surface area contributed by atoms with Gasteiger partial charge in [0.2, 0.25) is 11.8 Å². The topological polar surface area (TPSA) is 87.3 Å². The summed E-state index contributed by atoms with van der Waals surface area (Å²) in [5.41, 5.74) is 1.02. The first-order valence-electron chi connectivity index (χ1n) is 11.4. The Morgan fingerprint density at radius 2 is 1.58 bits per heavy atom. The number of aromatic amines is 1. The number of nitrogens with zero attached hydrogens (tertiary/aromatic N) is 2. The van der Waals surface area contributed by atoms with Gasteiger partial charge in [-0.3, -0.25) is 19.6 Å². The van der Waals surface area contributed by atoms with E-state index in [2.05, 4.69) is 15.5 Å². The summed E-state index contributed by atoms with van der Waals surface area (Å²) in [4.78, 5) is 27.4. The van der Waals surface area contributed by atoms with Gasteiger partial charge < -0.3 is 10.1 Å². The predicted molar refractivity (Wildman–Crippen MR) is 137 cm³/mol. The maximum Gasteiger partial charge on any atom is 0.416 e. The second-order valence-electron chi connectivity index (χ2n) is 8.48. The number of carbonyl (C=O) groups is 2. The lowest BCUT2D eigenvalue weighted by molar-refractivity contribution is -0.137. The zero-order chi connectivity index (χ0) is 26.9. The van der Waals surface area contributed by atoms with Crippen LogP contribution >= 0.6 is 12.2 Å². The van der Waals surface area contributed by atoms with Crippen LogP contribution in [0, 0.1) is 5.92 Å². The number of H-pyrrole nitrogens is 1. The Labute approximate surface area is 220 Å². The molecule has 4 aromatic rings. The molecule has 0 spiro atoms. The monoisotopic (exact) mass is 536 g/mol. The van der Waals surface area contributed by atoms with Crippen LogP contribution in [0.5, 0.6) is 11.5 Å². The molecular formula is C27H19F3N4O3S. The summed E-state index contributed by atoms with van der Waals surface area (Å²) < 4.78 is 44.6. The number of carbonyl (C=O) groups excluding carboxylic acids is 2. The van der Waals surface area contributed by atoms with E-state index >= 15 is 0 Å². The van der Waals surface area contributed by atoms with Crippen molar-refractivity contribution in [2.24, 2.45) is 5.92 Å². The number of ether oxygens (including phenoxy) is 1. The summed E-state index contributed by atoms with van der Waals surface area (Å²) in [6.45, 7) is 0. The van der Waals surface area contributed by atoms with E-state index in [1.54, 1.807) is 24.3 Å². The summed E-state index contributed by atoms with van der Waals surface area (Å²) in [6, 6.07) is 20.4. The molecule has 0 radical (unpaired) electrons. The highest BCUT2D eigenvalue weighted by Gasteiger charge is 2.40. The molecule has 5 rings (SSSR count). The molecule has 1 aromatic heterocycles. The fourth-order valence-corrected chi connectivity index (χ4v) is 4.39. The first kappa shape index (κ1) is 25.2. The number of amides is 2. The molecule has 11 heteroatoms. The molecular weight excluding hydrogens is 517 g/mol. The third-order valence-electron chi connectivity index (χ3n) is 5.98. The Kier molecular flexibility index (Phi) is 6.68. The number of rotatable bonds is 6. The van der Waals surface area contributed by atoms with Crippen molar-refractivity contribution in [3.63, 3.8) is 0 Å². The van der Waals surface area contributed by atoms with Gasteiger partial charge in [-0.25, -0.2) is 0 Å². The molecule has 2 N–H and O–H groups in total. The lowest BCUT2D eigenvalue weighted by atomic mass is 9.94. The molecule has 1 saturated heterocycles. The van der Waals surface area contributed by atoms with E-state index in [-0.39, 0.29) is 11.5 Å². The fourth-order valence-electron chi connectivity index (χ4n) is 4.09. The SMILES string of the molecule is O=C1NC(=S)N(c2ccc(Oc3ccccc3)cc2)C(=O)C1Cc1cn[nH]c1-c1ccc(C(F)(F)F)cc1. The van der Waals surface area contributed by atoms with Gasteiger partial charge in [-0.05, 0) is 78.3 Å². The molecule has 1 unspecified atom stereocenters. The maximum absolute atomic E-state index is 13.4. The number of halogens is 3. The van der Waals surface area contributed by atoms with Gasteiger partial charge in [-0.1, -0.05) is 30.3 Å². The third kappa shape index (κ3) is 5.14. The molecule has 192 valence electrons. The van der Waals surface area contributed by atoms with Crippen LogP contribution in [-0.2, 0) is 22.2 Å². The van der Waals surface area contributed by atoms with Crippen molar-refractivity contribution in [2.45, 2.75) is 12.6 Å². The van der Waals surface area contributed by atoms with E-state index < -0.39 is 29.5 Å². The van der Waals surface area contributed by atoms with Crippen LogP contribution in [0.1, 0.15) is 11.1 Å². The smallest absolute Gasteiger partial charge is 0.416 e. The van der Waals surface area contributed by atoms with Gasteiger partial charge in [0.25, 0.3) is 0 Å². The predicted octanol–water partition coefficient (Wildman–Crippen LogP) is 5.49. The van der Waals surface area contributed by atoms with Crippen molar-refractivity contribution in [1.29, 1.82) is 0 Å². The minimum absolute atomic E-state index is 0.0359. The highest BCUT2D eigenvalue weighted by molar-refractivity contribution is 7.80. The van der Waals surface area contributed by atoms with Gasteiger partial charge >= 0.3 is 6.18 Å². The van der Waals surface area contributed by atoms with Crippen molar-refractivity contribution < 1.29 is 27.5 Å². The zero-order valence-electron chi connectivity index (χ0n) is 19.5. The van der Waals surface area contributed by atoms with Crippen LogP contribution in [0.15, 0.2) is 85.1 Å². The van der Waals surface area contributed by atoms with Gasteiger partial charge in [0.05, 0.1) is 23.1 Å². The third-order valence-corrected chi connectivity index (χ3v) is 6.27. The molecule has 1 atom stereocenters. The number of benzene rings is 3. The lowest BCUT2D eigenvalue weighted by Gasteiger charge is -2.32. The van der Waals surface area contributed by atoms with Crippen LogP contribution in [0.25, 0.3) is 11.3 Å². The van der Waals surface area contributed by atoms with Crippen LogP contribution in [-0.4, -0.2) is 27.1 Å². The Morgan fingerprint density at radius 3 is 2.24 bits per heavy atom. The summed E-state index contributed by atoms with van der Waals surface area (Å²) in [6.07, 6.45) is -3.05. The summed E-state index contributed by atoms with van der Waals surface area (Å²) in [7, 11) is 0. The average molecular weight is 537 g/mol. The van der Waals surface area contributed by atoms with Crippen molar-refractivity contribution in [1.82, 2.24) is 15.5 Å². The van der Waals surface area contributed by atoms with Gasteiger partial charge in [-0.2, -0.15) is 18.3 Å². The van der Waals surface area contributed by atoms with E-state index in [0.29, 0.717) is 34.0 Å². The van der Waals surface area contributed by atoms with E-state index in [0.717, 1.165) is 12.1 Å². The Morgan fingerprint density at radius 1 is 0.921 bits per heavy atom. The summed E-state index contributed by atoms with van der Waals surface area (Å²) in [5, 5.41) is 9.24. The van der Waals surface area contributed by atoms with Gasteiger partial charge in [0, 0.05) is 0 Å². The number of hydrogen-bond donors (Lipinski definition) is 2. The van der Waals surface area contributed by atoms with E-state index in [1.165, 1.54) is 23.2 Å². The van der Waals surface area contributed by atoms with Gasteiger partial charge in [0.1, 0.15) is 17.4 Å². The normalized spacial score (nSPS) is 15.9. The quantitative estimate of drug-likeness (QED) is 0.251. The molecule has 38 heavy (non-hydrogen) atoms. The highest BCUT2D eigenvalue weighted by atomic mass is 32.1. The molecule has 7 nitrogen and oxygen atoms in total. The molecule has 0 saturated carbocycles. The van der Waals surface area contributed by atoms with Crippen molar-refractivity contribution in [3.05, 3.63) is 96.2 Å². The largest absolute Gasteiger partial charge is 0.457 e. The second kappa shape index (κ2) is 10.1. The van der Waals surface area contributed by atoms with Crippen LogP contribution in [0.2, 0.25) is 0 Å². The standard InChI is InChI=1S/C27H19F3N4O3S/c28-27(29,30)18-8-6-16(7-9-18)23-17(15-31-33-23)14-22-24(35)32-26(38)34(25(22)36)19-10-12-21(13-11-19)37-20-4-2-1-3-5-20/h1-13,15,22H,14H2,(H,31,33)(H,32,35,38). The number of anilines is 1. The van der Waals surface area contributed by atoms with Crippen LogP contribution < -0.4 is 15.0 Å². The first-order chi connectivity index (χ1) is 18.2. The molecule has 1 aliphatic heterocycles. The number of alkyl halides is 3. The van der Waals surface area contributed by atoms with E-state index in [4.69, 9.17) is 17.0 Å². The number of hydrogen-bond acceptors (Lipinski definition) is 5. The first-order valence-corrected chi connectivity index (χ1v) is 11.8. The van der Waals surface area contributed by atoms with Crippen molar-refractivity contribution >= 4 is 34.8 Å². The van der Waals surface area contributed by atoms with Crippen molar-refractivity contribution in [2.75, 3.05) is 4.90 Å². The number of thiocarbonyl (C=S) groups is 1. The minimum atomic E-state index is -4.46. The molecule has 1 aliphatic rings. The molecule has 1 fully saturated rings. The summed E-state index contributed by atoms with van der Waals surface area (Å²) >= 11 is 5.28. The zero-order valence-corrected chi connectivity index (χ0v) is 20.3. The van der Waals surface area contributed by atoms with E-state index in [9.17, 15) is 22.8 Å². The van der Waals surface area contributed by atoms with Crippen LogP contribution in [0.3, 0.4) is 0 Å². The van der Waals surface area contributed by atoms with Crippen molar-refractivity contribution in [3.8, 4) is 22.8 Å². The molecule has 0 bridgehead atoms. The van der Waals surface area contributed by atoms with Gasteiger partial charge in [0.15, 0.2) is 5.11 Å². The Hall–Kier alpha value is -4.51. The van der Waals surface area contributed by atoms with Crippen LogP contribution in [0.4, 0.5) is 18.9 Å². The van der Waals surface area contributed by atoms with Gasteiger partial charge in [-0.15, -0.1) is 0 Å².